The number of amides is 1. The molecule has 0 radical (unpaired) electrons. The molecule has 1 aliphatic rings. The molecule has 1 fully saturated rings. The fourth-order valence-corrected chi connectivity index (χ4v) is 3.41. The first kappa shape index (κ1) is 18.3. The zero-order valence-corrected chi connectivity index (χ0v) is 15.4. The minimum absolute atomic E-state index is 0.0456. The van der Waals surface area contributed by atoms with Gasteiger partial charge in [0, 0.05) is 24.1 Å². The second-order valence-electron chi connectivity index (χ2n) is 6.82. The maximum Gasteiger partial charge on any atom is 0.249 e. The first-order valence-electron chi connectivity index (χ1n) is 9.21. The summed E-state index contributed by atoms with van der Waals surface area (Å²) in [5, 5.41) is 4.03. The maximum atomic E-state index is 14.0. The lowest BCUT2D eigenvalue weighted by Crippen LogP contribution is -2.27. The summed E-state index contributed by atoms with van der Waals surface area (Å²) in [5.74, 6) is -0.510. The molecule has 5 nitrogen and oxygen atoms in total. The Morgan fingerprint density at radius 3 is 2.71 bits per heavy atom. The van der Waals surface area contributed by atoms with Crippen LogP contribution in [0.5, 0.6) is 0 Å². The highest BCUT2D eigenvalue weighted by Gasteiger charge is 2.36. The van der Waals surface area contributed by atoms with Gasteiger partial charge in [0.2, 0.25) is 17.6 Å². The van der Waals surface area contributed by atoms with Crippen molar-refractivity contribution in [3.63, 3.8) is 0 Å². The molecular weight excluding hydrogens is 364 g/mol. The van der Waals surface area contributed by atoms with Crippen LogP contribution < -0.4 is 0 Å². The summed E-state index contributed by atoms with van der Waals surface area (Å²) in [4.78, 5) is 18.2. The number of aryl methyl sites for hydroxylation is 1. The van der Waals surface area contributed by atoms with Gasteiger partial charge in [-0.25, -0.2) is 8.78 Å². The van der Waals surface area contributed by atoms with E-state index in [0.29, 0.717) is 24.6 Å². The number of carbonyl (C=O) groups is 1. The van der Waals surface area contributed by atoms with Gasteiger partial charge in [-0.3, -0.25) is 4.79 Å². The molecule has 144 valence electrons. The topological polar surface area (TPSA) is 59.2 Å². The third kappa shape index (κ3) is 3.52. The van der Waals surface area contributed by atoms with E-state index >= 15 is 0 Å². The number of hydrogen-bond acceptors (Lipinski definition) is 4. The Morgan fingerprint density at radius 2 is 1.96 bits per heavy atom. The summed E-state index contributed by atoms with van der Waals surface area (Å²) >= 11 is 0. The van der Waals surface area contributed by atoms with Gasteiger partial charge >= 0.3 is 0 Å². The molecule has 0 N–H and O–H groups in total. The van der Waals surface area contributed by atoms with E-state index in [1.807, 2.05) is 24.3 Å². The Balaban J connectivity index is 1.58. The van der Waals surface area contributed by atoms with Crippen molar-refractivity contribution in [1.29, 1.82) is 0 Å². The zero-order valence-electron chi connectivity index (χ0n) is 15.4. The molecule has 0 spiro atoms. The SMILES string of the molecule is CCc1ccc(-c2noc(C3CCC(=O)N3Cc3cc(F)ccc3F)n2)cc1. The molecule has 0 aliphatic carbocycles. The van der Waals surface area contributed by atoms with Crippen LogP contribution in [0.4, 0.5) is 8.78 Å². The van der Waals surface area contributed by atoms with Crippen molar-refractivity contribution >= 4 is 5.91 Å². The van der Waals surface area contributed by atoms with Crippen molar-refractivity contribution in [2.45, 2.75) is 38.8 Å². The highest BCUT2D eigenvalue weighted by Crippen LogP contribution is 2.34. The molecule has 1 atom stereocenters. The number of rotatable bonds is 5. The van der Waals surface area contributed by atoms with Crippen molar-refractivity contribution in [1.82, 2.24) is 15.0 Å². The third-order valence-corrected chi connectivity index (χ3v) is 5.02. The molecule has 7 heteroatoms. The van der Waals surface area contributed by atoms with Crippen LogP contribution in [0.3, 0.4) is 0 Å². The summed E-state index contributed by atoms with van der Waals surface area (Å²) < 4.78 is 32.9. The first-order chi connectivity index (χ1) is 13.5. The predicted octanol–water partition coefficient (Wildman–Crippen LogP) is 4.44. The molecule has 1 amide bonds. The number of aromatic nitrogens is 2. The third-order valence-electron chi connectivity index (χ3n) is 5.02. The smallest absolute Gasteiger partial charge is 0.249 e. The molecular formula is C21H19F2N3O2. The highest BCUT2D eigenvalue weighted by molar-refractivity contribution is 5.78. The summed E-state index contributed by atoms with van der Waals surface area (Å²) in [7, 11) is 0. The van der Waals surface area contributed by atoms with Crippen LogP contribution in [0.2, 0.25) is 0 Å². The first-order valence-corrected chi connectivity index (χ1v) is 9.21. The molecule has 0 bridgehead atoms. The Kier molecular flexibility index (Phi) is 4.90. The molecule has 2 heterocycles. The summed E-state index contributed by atoms with van der Waals surface area (Å²) in [5.41, 5.74) is 2.14. The Labute approximate surface area is 161 Å². The maximum absolute atomic E-state index is 14.0. The van der Waals surface area contributed by atoms with Gasteiger partial charge in [-0.05, 0) is 36.6 Å². The molecule has 1 unspecified atom stereocenters. The Bertz CT molecular complexity index is 1000. The van der Waals surface area contributed by atoms with Crippen LogP contribution in [-0.4, -0.2) is 20.9 Å². The van der Waals surface area contributed by atoms with Gasteiger partial charge in [0.25, 0.3) is 0 Å². The lowest BCUT2D eigenvalue weighted by molar-refractivity contribution is -0.130. The van der Waals surface area contributed by atoms with Crippen molar-refractivity contribution in [2.75, 3.05) is 0 Å². The van der Waals surface area contributed by atoms with Crippen LogP contribution in [0.15, 0.2) is 47.0 Å². The van der Waals surface area contributed by atoms with Gasteiger partial charge in [0.15, 0.2) is 0 Å². The van der Waals surface area contributed by atoms with E-state index in [1.54, 1.807) is 0 Å². The average Bonchev–Trinajstić information content (AvgIpc) is 3.32. The number of hydrogen-bond donors (Lipinski definition) is 0. The number of carbonyl (C=O) groups excluding carboxylic acids is 1. The molecule has 1 saturated heterocycles. The molecule has 4 rings (SSSR count). The molecule has 2 aromatic carbocycles. The van der Waals surface area contributed by atoms with Gasteiger partial charge in [-0.1, -0.05) is 36.3 Å². The largest absolute Gasteiger partial charge is 0.337 e. The predicted molar refractivity (Wildman–Crippen MR) is 98.0 cm³/mol. The van der Waals surface area contributed by atoms with Crippen molar-refractivity contribution in [2.24, 2.45) is 0 Å². The molecule has 0 saturated carbocycles. The van der Waals surface area contributed by atoms with Gasteiger partial charge in [0.1, 0.15) is 17.7 Å². The second-order valence-corrected chi connectivity index (χ2v) is 6.82. The van der Waals surface area contributed by atoms with E-state index in [-0.39, 0.29) is 18.0 Å². The number of likely N-dealkylation sites (tertiary alicyclic amines) is 1. The monoisotopic (exact) mass is 383 g/mol. The average molecular weight is 383 g/mol. The standard InChI is InChI=1S/C21H19F2N3O2/c1-2-13-3-5-14(6-4-13)20-24-21(28-25-20)18-9-10-19(27)26(18)12-15-11-16(22)7-8-17(15)23/h3-8,11,18H,2,9-10,12H2,1H3. The van der Waals surface area contributed by atoms with Gasteiger partial charge < -0.3 is 9.42 Å². The minimum atomic E-state index is -0.554. The Hall–Kier alpha value is -3.09. The minimum Gasteiger partial charge on any atom is -0.337 e. The normalized spacial score (nSPS) is 16.8. The lowest BCUT2D eigenvalue weighted by atomic mass is 10.1. The second kappa shape index (κ2) is 7.50. The molecule has 3 aromatic rings. The number of halogens is 2. The molecule has 28 heavy (non-hydrogen) atoms. The van der Waals surface area contributed by atoms with Crippen LogP contribution in [0, 0.1) is 11.6 Å². The van der Waals surface area contributed by atoms with E-state index in [1.165, 1.54) is 10.5 Å². The van der Waals surface area contributed by atoms with Gasteiger partial charge in [-0.2, -0.15) is 4.98 Å². The molecule has 1 aliphatic heterocycles. The quantitative estimate of drug-likeness (QED) is 0.654. The van der Waals surface area contributed by atoms with E-state index in [0.717, 1.165) is 30.2 Å². The molecule has 1 aromatic heterocycles. The summed E-state index contributed by atoms with van der Waals surface area (Å²) in [6.07, 6.45) is 1.73. The van der Waals surface area contributed by atoms with Gasteiger partial charge in [0.05, 0.1) is 0 Å². The fraction of sp³-hybridized carbons (Fsp3) is 0.286. The van der Waals surface area contributed by atoms with Crippen molar-refractivity contribution in [3.8, 4) is 11.4 Å². The summed E-state index contributed by atoms with van der Waals surface area (Å²) in [6, 6.07) is 10.6. The highest BCUT2D eigenvalue weighted by atomic mass is 19.1. The Morgan fingerprint density at radius 1 is 1.18 bits per heavy atom. The van der Waals surface area contributed by atoms with Gasteiger partial charge in [-0.15, -0.1) is 0 Å². The van der Waals surface area contributed by atoms with Crippen LogP contribution in [0.1, 0.15) is 42.8 Å². The zero-order chi connectivity index (χ0) is 19.7. The lowest BCUT2D eigenvalue weighted by Gasteiger charge is -2.22. The van der Waals surface area contributed by atoms with E-state index in [9.17, 15) is 13.6 Å². The number of nitrogens with zero attached hydrogens (tertiary/aromatic N) is 3. The van der Waals surface area contributed by atoms with Crippen LogP contribution >= 0.6 is 0 Å². The van der Waals surface area contributed by atoms with Crippen molar-refractivity contribution in [3.05, 3.63) is 71.1 Å². The van der Waals surface area contributed by atoms with Crippen molar-refractivity contribution < 1.29 is 18.1 Å². The van der Waals surface area contributed by atoms with E-state index in [4.69, 9.17) is 4.52 Å². The van der Waals surface area contributed by atoms with E-state index < -0.39 is 17.7 Å². The van der Waals surface area contributed by atoms with Crippen LogP contribution in [-0.2, 0) is 17.8 Å². The van der Waals surface area contributed by atoms with Crippen LogP contribution in [0.25, 0.3) is 11.4 Å². The fourth-order valence-electron chi connectivity index (χ4n) is 3.41. The van der Waals surface area contributed by atoms with E-state index in [2.05, 4.69) is 17.1 Å². The summed E-state index contributed by atoms with van der Waals surface area (Å²) in [6.45, 7) is 2.03. The number of benzene rings is 2.